The molecule has 1 aliphatic rings. The molecule has 1 heteroatoms. The van der Waals surface area contributed by atoms with Crippen molar-refractivity contribution in [3.05, 3.63) is 36.5 Å². The third kappa shape index (κ3) is 2.31. The second-order valence-electron chi connectivity index (χ2n) is 3.89. The highest BCUT2D eigenvalue weighted by atomic mass is 16.5. The highest BCUT2D eigenvalue weighted by Gasteiger charge is 2.25. The van der Waals surface area contributed by atoms with Crippen LogP contribution in [0.15, 0.2) is 36.5 Å². The zero-order valence-electron chi connectivity index (χ0n) is 8.71. The molecule has 0 bridgehead atoms. The van der Waals surface area contributed by atoms with Crippen LogP contribution in [0.1, 0.15) is 20.3 Å². The van der Waals surface area contributed by atoms with Crippen molar-refractivity contribution in [2.75, 3.05) is 7.11 Å². The molecule has 0 spiro atoms. The molecule has 1 nitrogen and oxygen atoms in total. The molecule has 0 radical (unpaired) electrons. The maximum atomic E-state index is 5.40. The van der Waals surface area contributed by atoms with E-state index in [9.17, 15) is 0 Å². The first-order valence-electron chi connectivity index (χ1n) is 4.65. The molecule has 1 rings (SSSR count). The molecule has 0 aromatic heterocycles. The average molecular weight is 178 g/mol. The summed E-state index contributed by atoms with van der Waals surface area (Å²) in [5, 5.41) is 0. The average Bonchev–Trinajstić information content (AvgIpc) is 2.18. The molecule has 0 amide bonds. The first-order valence-corrected chi connectivity index (χ1v) is 4.65. The number of allylic oxidation sites excluding steroid dienone is 4. The van der Waals surface area contributed by atoms with E-state index in [0.29, 0.717) is 5.92 Å². The Kier molecular flexibility index (Phi) is 3.10. The van der Waals surface area contributed by atoms with E-state index < -0.39 is 0 Å². The summed E-state index contributed by atoms with van der Waals surface area (Å²) in [5.74, 6) is 0.431. The van der Waals surface area contributed by atoms with Crippen molar-refractivity contribution in [1.82, 2.24) is 0 Å². The van der Waals surface area contributed by atoms with Gasteiger partial charge < -0.3 is 4.74 Å². The molecule has 0 fully saturated rings. The Labute approximate surface area is 80.8 Å². The lowest BCUT2D eigenvalue weighted by atomic mass is 9.84. The molecule has 13 heavy (non-hydrogen) atoms. The SMILES string of the molecule is C=C(C1C=CC=CC1)C(C)(C)OC. The van der Waals surface area contributed by atoms with Gasteiger partial charge in [0.2, 0.25) is 0 Å². The van der Waals surface area contributed by atoms with Crippen molar-refractivity contribution in [2.24, 2.45) is 5.92 Å². The van der Waals surface area contributed by atoms with Gasteiger partial charge in [-0.1, -0.05) is 30.9 Å². The molecule has 0 aromatic carbocycles. The molecular formula is C12H18O. The maximum absolute atomic E-state index is 5.40. The first kappa shape index (κ1) is 10.3. The van der Waals surface area contributed by atoms with Gasteiger partial charge in [0.15, 0.2) is 0 Å². The fourth-order valence-corrected chi connectivity index (χ4v) is 1.42. The van der Waals surface area contributed by atoms with Gasteiger partial charge in [-0.25, -0.2) is 0 Å². The first-order chi connectivity index (χ1) is 6.08. The highest BCUT2D eigenvalue weighted by molar-refractivity contribution is 5.24. The van der Waals surface area contributed by atoms with Crippen molar-refractivity contribution < 1.29 is 4.74 Å². The van der Waals surface area contributed by atoms with Crippen LogP contribution in [-0.2, 0) is 4.74 Å². The Morgan fingerprint density at radius 2 is 2.15 bits per heavy atom. The Balaban J connectivity index is 2.68. The Morgan fingerprint density at radius 3 is 2.62 bits per heavy atom. The van der Waals surface area contributed by atoms with E-state index in [4.69, 9.17) is 4.74 Å². The van der Waals surface area contributed by atoms with E-state index in [-0.39, 0.29) is 5.60 Å². The lowest BCUT2D eigenvalue weighted by molar-refractivity contribution is 0.0489. The van der Waals surface area contributed by atoms with E-state index in [1.54, 1.807) is 7.11 Å². The van der Waals surface area contributed by atoms with Gasteiger partial charge in [-0.15, -0.1) is 0 Å². The minimum Gasteiger partial charge on any atom is -0.374 e. The molecule has 1 atom stereocenters. The topological polar surface area (TPSA) is 9.23 Å². The maximum Gasteiger partial charge on any atom is 0.0834 e. The minimum absolute atomic E-state index is 0.222. The summed E-state index contributed by atoms with van der Waals surface area (Å²) in [7, 11) is 1.73. The lowest BCUT2D eigenvalue weighted by Crippen LogP contribution is -2.28. The van der Waals surface area contributed by atoms with Gasteiger partial charge in [0, 0.05) is 13.0 Å². The molecule has 1 aliphatic carbocycles. The normalized spacial score (nSPS) is 21.9. The minimum atomic E-state index is -0.222. The number of methoxy groups -OCH3 is 1. The summed E-state index contributed by atoms with van der Waals surface area (Å²) in [4.78, 5) is 0. The van der Waals surface area contributed by atoms with Crippen molar-refractivity contribution in [2.45, 2.75) is 25.9 Å². The lowest BCUT2D eigenvalue weighted by Gasteiger charge is -2.30. The fraction of sp³-hybridized carbons (Fsp3) is 0.500. The summed E-state index contributed by atoms with van der Waals surface area (Å²) in [5.41, 5.74) is 0.927. The Bertz CT molecular complexity index is 246. The monoisotopic (exact) mass is 178 g/mol. The van der Waals surface area contributed by atoms with Crippen LogP contribution >= 0.6 is 0 Å². The van der Waals surface area contributed by atoms with Gasteiger partial charge in [-0.3, -0.25) is 0 Å². The van der Waals surface area contributed by atoms with Crippen LogP contribution in [0.25, 0.3) is 0 Å². The van der Waals surface area contributed by atoms with Gasteiger partial charge in [0.05, 0.1) is 5.60 Å². The Hall–Kier alpha value is -0.820. The van der Waals surface area contributed by atoms with E-state index in [1.807, 2.05) is 0 Å². The molecule has 0 aliphatic heterocycles. The molecule has 0 saturated heterocycles. The molecule has 0 aromatic rings. The zero-order chi connectivity index (χ0) is 9.90. The van der Waals surface area contributed by atoms with E-state index in [2.05, 4.69) is 44.7 Å². The number of hydrogen-bond donors (Lipinski definition) is 0. The summed E-state index contributed by atoms with van der Waals surface area (Å²) >= 11 is 0. The van der Waals surface area contributed by atoms with E-state index in [0.717, 1.165) is 12.0 Å². The standard InChI is InChI=1S/C12H18O/c1-10(12(2,3)13-4)11-8-6-5-7-9-11/h5-8,11H,1,9H2,2-4H3. The van der Waals surface area contributed by atoms with Crippen LogP contribution in [0.3, 0.4) is 0 Å². The summed E-state index contributed by atoms with van der Waals surface area (Å²) < 4.78 is 5.40. The summed E-state index contributed by atoms with van der Waals surface area (Å²) in [6.07, 6.45) is 9.54. The molecule has 0 saturated carbocycles. The van der Waals surface area contributed by atoms with Crippen molar-refractivity contribution in [3.63, 3.8) is 0 Å². The van der Waals surface area contributed by atoms with Crippen LogP contribution in [0.2, 0.25) is 0 Å². The predicted molar refractivity (Wildman–Crippen MR) is 56.6 cm³/mol. The van der Waals surface area contributed by atoms with Gasteiger partial charge >= 0.3 is 0 Å². The van der Waals surface area contributed by atoms with Crippen LogP contribution < -0.4 is 0 Å². The van der Waals surface area contributed by atoms with Gasteiger partial charge in [-0.05, 0) is 25.8 Å². The molecule has 1 unspecified atom stereocenters. The van der Waals surface area contributed by atoms with Crippen molar-refractivity contribution >= 4 is 0 Å². The third-order valence-electron chi connectivity index (χ3n) is 2.71. The van der Waals surface area contributed by atoms with Crippen LogP contribution in [0.5, 0.6) is 0 Å². The zero-order valence-corrected chi connectivity index (χ0v) is 8.71. The predicted octanol–water partition coefficient (Wildman–Crippen LogP) is 3.10. The van der Waals surface area contributed by atoms with Crippen LogP contribution in [-0.4, -0.2) is 12.7 Å². The molecule has 72 valence electrons. The smallest absolute Gasteiger partial charge is 0.0834 e. The second kappa shape index (κ2) is 3.93. The van der Waals surface area contributed by atoms with E-state index in [1.165, 1.54) is 0 Å². The molecular weight excluding hydrogens is 160 g/mol. The van der Waals surface area contributed by atoms with E-state index >= 15 is 0 Å². The quantitative estimate of drug-likeness (QED) is 0.603. The Morgan fingerprint density at radius 1 is 1.46 bits per heavy atom. The number of rotatable bonds is 3. The largest absolute Gasteiger partial charge is 0.374 e. The highest BCUT2D eigenvalue weighted by Crippen LogP contribution is 2.30. The van der Waals surface area contributed by atoms with Gasteiger partial charge in [0.25, 0.3) is 0 Å². The van der Waals surface area contributed by atoms with Crippen LogP contribution in [0, 0.1) is 5.92 Å². The fourth-order valence-electron chi connectivity index (χ4n) is 1.42. The second-order valence-corrected chi connectivity index (χ2v) is 3.89. The summed E-state index contributed by atoms with van der Waals surface area (Å²) in [6.45, 7) is 8.22. The summed E-state index contributed by atoms with van der Waals surface area (Å²) in [6, 6.07) is 0. The van der Waals surface area contributed by atoms with Crippen molar-refractivity contribution in [1.29, 1.82) is 0 Å². The van der Waals surface area contributed by atoms with Crippen LogP contribution in [0.4, 0.5) is 0 Å². The molecule has 0 N–H and O–H groups in total. The van der Waals surface area contributed by atoms with Gasteiger partial charge in [0.1, 0.15) is 0 Å². The van der Waals surface area contributed by atoms with Crippen molar-refractivity contribution in [3.8, 4) is 0 Å². The molecule has 0 heterocycles. The number of hydrogen-bond acceptors (Lipinski definition) is 1. The number of ether oxygens (including phenoxy) is 1. The third-order valence-corrected chi connectivity index (χ3v) is 2.71. The van der Waals surface area contributed by atoms with Gasteiger partial charge in [-0.2, -0.15) is 0 Å².